The van der Waals surface area contributed by atoms with Crippen LogP contribution in [0.25, 0.3) is 0 Å². The van der Waals surface area contributed by atoms with Crippen LogP contribution in [0.15, 0.2) is 23.1 Å². The lowest BCUT2D eigenvalue weighted by molar-refractivity contribution is -0.0265. The van der Waals surface area contributed by atoms with Crippen LogP contribution < -0.4 is 0 Å². The standard InChI is InChI=1S/C15H20FNO3S/c1-10(2)17-5-6-20-11(8-17)9-21-12-3-4-14(16)13(7-12)15(18)19/h3-4,7,10-11H,5-6,8-9H2,1-2H3,(H,18,19). The van der Waals surface area contributed by atoms with Crippen molar-refractivity contribution in [2.45, 2.75) is 30.9 Å². The molecule has 1 saturated heterocycles. The monoisotopic (exact) mass is 313 g/mol. The number of thioether (sulfide) groups is 1. The van der Waals surface area contributed by atoms with E-state index in [9.17, 15) is 9.18 Å². The minimum absolute atomic E-state index is 0.115. The summed E-state index contributed by atoms with van der Waals surface area (Å²) in [6, 6.07) is 4.68. The van der Waals surface area contributed by atoms with Gasteiger partial charge in [-0.1, -0.05) is 0 Å². The van der Waals surface area contributed by atoms with E-state index in [2.05, 4.69) is 18.7 Å². The maximum absolute atomic E-state index is 13.3. The topological polar surface area (TPSA) is 49.8 Å². The first-order valence-corrected chi connectivity index (χ1v) is 7.97. The van der Waals surface area contributed by atoms with Gasteiger partial charge in [0.15, 0.2) is 0 Å². The Balaban J connectivity index is 1.94. The highest BCUT2D eigenvalue weighted by Crippen LogP contribution is 2.24. The van der Waals surface area contributed by atoms with Crippen LogP contribution in [-0.4, -0.2) is 53.6 Å². The van der Waals surface area contributed by atoms with Crippen LogP contribution in [0.4, 0.5) is 4.39 Å². The van der Waals surface area contributed by atoms with Gasteiger partial charge in [-0.15, -0.1) is 11.8 Å². The van der Waals surface area contributed by atoms with Gasteiger partial charge in [-0.2, -0.15) is 0 Å². The molecule has 21 heavy (non-hydrogen) atoms. The summed E-state index contributed by atoms with van der Waals surface area (Å²) in [5, 5.41) is 8.92. The van der Waals surface area contributed by atoms with Crippen LogP contribution in [0.3, 0.4) is 0 Å². The number of halogens is 1. The third-order valence-electron chi connectivity index (χ3n) is 3.50. The van der Waals surface area contributed by atoms with Crippen molar-refractivity contribution in [3.05, 3.63) is 29.6 Å². The molecular weight excluding hydrogens is 293 g/mol. The number of morpholine rings is 1. The lowest BCUT2D eigenvalue weighted by Gasteiger charge is -2.35. The molecule has 6 heteroatoms. The summed E-state index contributed by atoms with van der Waals surface area (Å²) in [5.41, 5.74) is -0.284. The highest BCUT2D eigenvalue weighted by Gasteiger charge is 2.22. The van der Waals surface area contributed by atoms with E-state index in [4.69, 9.17) is 9.84 Å². The molecular formula is C15H20FNO3S. The molecule has 2 rings (SSSR count). The van der Waals surface area contributed by atoms with Crippen molar-refractivity contribution in [3.63, 3.8) is 0 Å². The molecule has 116 valence electrons. The Morgan fingerprint density at radius 3 is 3.00 bits per heavy atom. The predicted molar refractivity (Wildman–Crippen MR) is 80.5 cm³/mol. The van der Waals surface area contributed by atoms with E-state index in [-0.39, 0.29) is 11.7 Å². The van der Waals surface area contributed by atoms with E-state index in [0.29, 0.717) is 12.6 Å². The van der Waals surface area contributed by atoms with E-state index in [1.807, 2.05) is 0 Å². The zero-order chi connectivity index (χ0) is 15.4. The number of rotatable bonds is 5. The second kappa shape index (κ2) is 7.24. The number of hydrogen-bond acceptors (Lipinski definition) is 4. The highest BCUT2D eigenvalue weighted by atomic mass is 32.2. The molecule has 1 atom stereocenters. The molecule has 1 heterocycles. The number of carbonyl (C=O) groups is 1. The molecule has 1 unspecified atom stereocenters. The Bertz CT molecular complexity index is 510. The average molecular weight is 313 g/mol. The number of aromatic carboxylic acids is 1. The maximum Gasteiger partial charge on any atom is 0.338 e. The number of carboxylic acids is 1. The van der Waals surface area contributed by atoms with Gasteiger partial charge >= 0.3 is 5.97 Å². The summed E-state index contributed by atoms with van der Waals surface area (Å²) in [6.45, 7) is 6.85. The van der Waals surface area contributed by atoms with Gasteiger partial charge in [0.2, 0.25) is 0 Å². The van der Waals surface area contributed by atoms with Gasteiger partial charge in [0.1, 0.15) is 5.82 Å². The summed E-state index contributed by atoms with van der Waals surface area (Å²) in [5.74, 6) is -1.21. The second-order valence-corrected chi connectivity index (χ2v) is 6.43. The number of ether oxygens (including phenoxy) is 1. The molecule has 0 spiro atoms. The van der Waals surface area contributed by atoms with E-state index in [1.165, 1.54) is 23.9 Å². The summed E-state index contributed by atoms with van der Waals surface area (Å²) >= 11 is 1.50. The Morgan fingerprint density at radius 1 is 1.57 bits per heavy atom. The van der Waals surface area contributed by atoms with Crippen molar-refractivity contribution in [2.75, 3.05) is 25.4 Å². The lowest BCUT2D eigenvalue weighted by atomic mass is 10.2. The van der Waals surface area contributed by atoms with Crippen LogP contribution >= 0.6 is 11.8 Å². The van der Waals surface area contributed by atoms with Crippen molar-refractivity contribution in [3.8, 4) is 0 Å². The number of carboxylic acid groups (broad SMARTS) is 1. The Hall–Kier alpha value is -1.11. The molecule has 1 fully saturated rings. The SMILES string of the molecule is CC(C)N1CCOC(CSc2ccc(F)c(C(=O)O)c2)C1. The number of hydrogen-bond donors (Lipinski definition) is 1. The maximum atomic E-state index is 13.3. The Morgan fingerprint density at radius 2 is 2.33 bits per heavy atom. The fourth-order valence-electron chi connectivity index (χ4n) is 2.26. The fourth-order valence-corrected chi connectivity index (χ4v) is 3.20. The first kappa shape index (κ1) is 16.3. The lowest BCUT2D eigenvalue weighted by Crippen LogP contribution is -2.46. The van der Waals surface area contributed by atoms with Crippen LogP contribution in [0, 0.1) is 5.82 Å². The molecule has 4 nitrogen and oxygen atoms in total. The van der Waals surface area contributed by atoms with E-state index in [1.54, 1.807) is 6.07 Å². The van der Waals surface area contributed by atoms with Gasteiger partial charge in [0, 0.05) is 29.8 Å². The minimum Gasteiger partial charge on any atom is -0.478 e. The predicted octanol–water partition coefficient (Wildman–Crippen LogP) is 2.73. The van der Waals surface area contributed by atoms with Crippen molar-refractivity contribution in [1.29, 1.82) is 0 Å². The summed E-state index contributed by atoms with van der Waals surface area (Å²) in [6.07, 6.45) is 0.115. The molecule has 1 N–H and O–H groups in total. The smallest absolute Gasteiger partial charge is 0.338 e. The Labute approximate surface area is 128 Å². The molecule has 0 saturated carbocycles. The van der Waals surface area contributed by atoms with E-state index in [0.717, 1.165) is 23.7 Å². The van der Waals surface area contributed by atoms with E-state index >= 15 is 0 Å². The molecule has 0 bridgehead atoms. The molecule has 0 amide bonds. The van der Waals surface area contributed by atoms with Gasteiger partial charge in [-0.05, 0) is 32.0 Å². The van der Waals surface area contributed by atoms with Gasteiger partial charge in [0.05, 0.1) is 18.3 Å². The zero-order valence-electron chi connectivity index (χ0n) is 12.2. The zero-order valence-corrected chi connectivity index (χ0v) is 13.0. The number of benzene rings is 1. The first-order valence-electron chi connectivity index (χ1n) is 6.98. The summed E-state index contributed by atoms with van der Waals surface area (Å²) in [4.78, 5) is 14.0. The molecule has 0 aliphatic carbocycles. The second-order valence-electron chi connectivity index (χ2n) is 5.34. The fraction of sp³-hybridized carbons (Fsp3) is 0.533. The highest BCUT2D eigenvalue weighted by molar-refractivity contribution is 7.99. The third-order valence-corrected chi connectivity index (χ3v) is 4.63. The van der Waals surface area contributed by atoms with Gasteiger partial charge in [-0.3, -0.25) is 4.90 Å². The molecule has 1 aromatic carbocycles. The van der Waals surface area contributed by atoms with Gasteiger partial charge < -0.3 is 9.84 Å². The largest absolute Gasteiger partial charge is 0.478 e. The van der Waals surface area contributed by atoms with Crippen LogP contribution in [0.5, 0.6) is 0 Å². The molecule has 1 aliphatic heterocycles. The number of nitrogens with zero attached hydrogens (tertiary/aromatic N) is 1. The van der Waals surface area contributed by atoms with Gasteiger partial charge in [-0.25, -0.2) is 9.18 Å². The summed E-state index contributed by atoms with van der Waals surface area (Å²) in [7, 11) is 0. The van der Waals surface area contributed by atoms with Crippen LogP contribution in [-0.2, 0) is 4.74 Å². The van der Waals surface area contributed by atoms with Crippen molar-refractivity contribution in [1.82, 2.24) is 4.90 Å². The first-order chi connectivity index (χ1) is 9.97. The Kier molecular flexibility index (Phi) is 5.61. The molecule has 0 radical (unpaired) electrons. The molecule has 1 aliphatic rings. The van der Waals surface area contributed by atoms with Crippen molar-refractivity contribution in [2.24, 2.45) is 0 Å². The van der Waals surface area contributed by atoms with Crippen molar-refractivity contribution >= 4 is 17.7 Å². The van der Waals surface area contributed by atoms with E-state index < -0.39 is 11.8 Å². The third kappa shape index (κ3) is 4.43. The minimum atomic E-state index is -1.24. The van der Waals surface area contributed by atoms with Crippen LogP contribution in [0.1, 0.15) is 24.2 Å². The molecule has 1 aromatic rings. The quantitative estimate of drug-likeness (QED) is 0.847. The van der Waals surface area contributed by atoms with Gasteiger partial charge in [0.25, 0.3) is 0 Å². The summed E-state index contributed by atoms with van der Waals surface area (Å²) < 4.78 is 19.1. The van der Waals surface area contributed by atoms with Crippen molar-refractivity contribution < 1.29 is 19.0 Å². The molecule has 0 aromatic heterocycles. The van der Waals surface area contributed by atoms with Crippen LogP contribution in [0.2, 0.25) is 0 Å². The normalized spacial score (nSPS) is 19.9. The average Bonchev–Trinajstić information content (AvgIpc) is 2.46.